The quantitative estimate of drug-likeness (QED) is 0.840. The molecule has 0 aromatic heterocycles. The molecule has 0 saturated heterocycles. The number of nitrogens with zero attached hydrogens (tertiary/aromatic N) is 1. The van der Waals surface area contributed by atoms with Crippen LogP contribution in [0.1, 0.15) is 19.4 Å². The van der Waals surface area contributed by atoms with E-state index in [2.05, 4.69) is 5.32 Å². The van der Waals surface area contributed by atoms with Gasteiger partial charge in [-0.1, -0.05) is 49.4 Å². The SMILES string of the molecule is C[C@@H]1C=C[C@H](C)N(C(=O)O)CC1NC(=O)OCc1ccccc1. The summed E-state index contributed by atoms with van der Waals surface area (Å²) in [5, 5.41) is 12.0. The van der Waals surface area contributed by atoms with Gasteiger partial charge in [-0.25, -0.2) is 9.59 Å². The summed E-state index contributed by atoms with van der Waals surface area (Å²) < 4.78 is 5.20. The highest BCUT2D eigenvalue weighted by atomic mass is 16.5. The number of benzene rings is 1. The highest BCUT2D eigenvalue weighted by molar-refractivity contribution is 5.69. The first-order valence-electron chi connectivity index (χ1n) is 7.62. The molecule has 0 spiro atoms. The molecular formula is C17H22N2O4. The number of alkyl carbamates (subject to hydrolysis) is 1. The van der Waals surface area contributed by atoms with Crippen LogP contribution in [0.25, 0.3) is 0 Å². The maximum Gasteiger partial charge on any atom is 0.407 e. The number of nitrogens with one attached hydrogen (secondary N) is 1. The minimum atomic E-state index is -0.999. The lowest BCUT2D eigenvalue weighted by Crippen LogP contribution is -2.49. The van der Waals surface area contributed by atoms with Gasteiger partial charge in [-0.2, -0.15) is 0 Å². The summed E-state index contributed by atoms with van der Waals surface area (Å²) >= 11 is 0. The van der Waals surface area contributed by atoms with E-state index in [1.54, 1.807) is 0 Å². The third-order valence-corrected chi connectivity index (χ3v) is 3.97. The van der Waals surface area contributed by atoms with Gasteiger partial charge in [-0.05, 0) is 18.4 Å². The van der Waals surface area contributed by atoms with E-state index in [0.29, 0.717) is 0 Å². The van der Waals surface area contributed by atoms with Crippen LogP contribution in [-0.4, -0.2) is 40.8 Å². The molecule has 1 heterocycles. The number of hydrogen-bond acceptors (Lipinski definition) is 3. The van der Waals surface area contributed by atoms with E-state index in [1.807, 2.05) is 56.3 Å². The third kappa shape index (κ3) is 4.74. The maximum atomic E-state index is 12.0. The largest absolute Gasteiger partial charge is 0.465 e. The molecule has 1 aliphatic rings. The molecule has 124 valence electrons. The Kier molecular flexibility index (Phi) is 5.62. The zero-order valence-corrected chi connectivity index (χ0v) is 13.3. The van der Waals surface area contributed by atoms with Crippen LogP contribution in [0.3, 0.4) is 0 Å². The van der Waals surface area contributed by atoms with Crippen molar-refractivity contribution in [3.8, 4) is 0 Å². The first-order valence-corrected chi connectivity index (χ1v) is 7.62. The maximum absolute atomic E-state index is 12.0. The van der Waals surface area contributed by atoms with E-state index in [9.17, 15) is 14.7 Å². The molecule has 0 saturated carbocycles. The Bertz CT molecular complexity index is 573. The smallest absolute Gasteiger partial charge is 0.407 e. The molecule has 0 bridgehead atoms. The normalized spacial score (nSPS) is 23.9. The van der Waals surface area contributed by atoms with Crippen LogP contribution >= 0.6 is 0 Å². The average molecular weight is 318 g/mol. The molecule has 2 amide bonds. The zero-order valence-electron chi connectivity index (χ0n) is 13.3. The fraction of sp³-hybridized carbons (Fsp3) is 0.412. The monoisotopic (exact) mass is 318 g/mol. The van der Waals surface area contributed by atoms with E-state index in [-0.39, 0.29) is 31.2 Å². The molecular weight excluding hydrogens is 296 g/mol. The Morgan fingerprint density at radius 3 is 2.61 bits per heavy atom. The number of ether oxygens (including phenoxy) is 1. The average Bonchev–Trinajstić information content (AvgIpc) is 2.67. The van der Waals surface area contributed by atoms with Gasteiger partial charge in [0.05, 0.1) is 12.1 Å². The summed E-state index contributed by atoms with van der Waals surface area (Å²) in [6.45, 7) is 4.16. The van der Waals surface area contributed by atoms with Gasteiger partial charge in [0.2, 0.25) is 0 Å². The molecule has 6 heteroatoms. The van der Waals surface area contributed by atoms with E-state index in [0.717, 1.165) is 5.56 Å². The van der Waals surface area contributed by atoms with E-state index < -0.39 is 12.2 Å². The summed E-state index contributed by atoms with van der Waals surface area (Å²) in [6, 6.07) is 8.85. The van der Waals surface area contributed by atoms with Crippen LogP contribution < -0.4 is 5.32 Å². The van der Waals surface area contributed by atoms with Gasteiger partial charge in [0.1, 0.15) is 6.61 Å². The Hall–Kier alpha value is -2.50. The second kappa shape index (κ2) is 7.67. The van der Waals surface area contributed by atoms with Crippen molar-refractivity contribution < 1.29 is 19.4 Å². The minimum Gasteiger partial charge on any atom is -0.465 e. The topological polar surface area (TPSA) is 78.9 Å². The molecule has 1 unspecified atom stereocenters. The van der Waals surface area contributed by atoms with Crippen molar-refractivity contribution in [1.82, 2.24) is 10.2 Å². The van der Waals surface area contributed by atoms with E-state index >= 15 is 0 Å². The van der Waals surface area contributed by atoms with Crippen molar-refractivity contribution in [2.24, 2.45) is 5.92 Å². The number of hydrogen-bond donors (Lipinski definition) is 2. The number of carbonyl (C=O) groups excluding carboxylic acids is 1. The van der Waals surface area contributed by atoms with E-state index in [1.165, 1.54) is 4.90 Å². The van der Waals surface area contributed by atoms with Gasteiger partial charge < -0.3 is 20.1 Å². The number of carbonyl (C=O) groups is 2. The second-order valence-corrected chi connectivity index (χ2v) is 5.73. The second-order valence-electron chi connectivity index (χ2n) is 5.73. The lowest BCUT2D eigenvalue weighted by Gasteiger charge is -2.28. The molecule has 1 aliphatic heterocycles. The first-order chi connectivity index (χ1) is 11.0. The van der Waals surface area contributed by atoms with Gasteiger partial charge in [0, 0.05) is 6.54 Å². The van der Waals surface area contributed by atoms with Crippen LogP contribution in [0.2, 0.25) is 0 Å². The Balaban J connectivity index is 1.93. The Morgan fingerprint density at radius 2 is 1.96 bits per heavy atom. The summed E-state index contributed by atoms with van der Waals surface area (Å²) in [7, 11) is 0. The predicted molar refractivity (Wildman–Crippen MR) is 86.0 cm³/mol. The molecule has 1 aromatic carbocycles. The third-order valence-electron chi connectivity index (χ3n) is 3.97. The van der Waals surface area contributed by atoms with Crippen LogP contribution in [-0.2, 0) is 11.3 Å². The standard InChI is InChI=1S/C17H22N2O4/c1-12-8-9-13(2)19(17(21)22)10-15(12)18-16(20)23-11-14-6-4-3-5-7-14/h3-9,12-13,15H,10-11H2,1-2H3,(H,18,20)(H,21,22)/t12-,13+,15?/m1/s1. The van der Waals surface area contributed by atoms with Crippen molar-refractivity contribution >= 4 is 12.2 Å². The van der Waals surface area contributed by atoms with Gasteiger partial charge in [0.25, 0.3) is 0 Å². The summed E-state index contributed by atoms with van der Waals surface area (Å²) in [5.41, 5.74) is 0.900. The van der Waals surface area contributed by atoms with Crippen LogP contribution in [0, 0.1) is 5.92 Å². The lowest BCUT2D eigenvalue weighted by molar-refractivity contribution is 0.116. The van der Waals surface area contributed by atoms with Crippen molar-refractivity contribution in [3.63, 3.8) is 0 Å². The summed E-state index contributed by atoms with van der Waals surface area (Å²) in [4.78, 5) is 24.6. The van der Waals surface area contributed by atoms with E-state index in [4.69, 9.17) is 4.74 Å². The Morgan fingerprint density at radius 1 is 1.26 bits per heavy atom. The van der Waals surface area contributed by atoms with Crippen molar-refractivity contribution in [3.05, 3.63) is 48.0 Å². The van der Waals surface area contributed by atoms with Crippen LogP contribution in [0.5, 0.6) is 0 Å². The molecule has 0 aliphatic carbocycles. The van der Waals surface area contributed by atoms with Crippen LogP contribution in [0.15, 0.2) is 42.5 Å². The highest BCUT2D eigenvalue weighted by Gasteiger charge is 2.29. The van der Waals surface area contributed by atoms with Crippen molar-refractivity contribution in [2.75, 3.05) is 6.54 Å². The lowest BCUT2D eigenvalue weighted by atomic mass is 10.0. The predicted octanol–water partition coefficient (Wildman–Crippen LogP) is 2.86. The van der Waals surface area contributed by atoms with Crippen molar-refractivity contribution in [1.29, 1.82) is 0 Å². The molecule has 0 radical (unpaired) electrons. The Labute approximate surface area is 135 Å². The molecule has 3 atom stereocenters. The van der Waals surface area contributed by atoms with Crippen molar-refractivity contribution in [2.45, 2.75) is 32.5 Å². The fourth-order valence-corrected chi connectivity index (χ4v) is 2.46. The first kappa shape index (κ1) is 16.9. The number of rotatable bonds is 3. The molecule has 2 N–H and O–H groups in total. The van der Waals surface area contributed by atoms with Gasteiger partial charge in [0.15, 0.2) is 0 Å². The number of amides is 2. The molecule has 2 rings (SSSR count). The van der Waals surface area contributed by atoms with Gasteiger partial charge in [-0.3, -0.25) is 0 Å². The molecule has 23 heavy (non-hydrogen) atoms. The molecule has 1 aromatic rings. The highest BCUT2D eigenvalue weighted by Crippen LogP contribution is 2.16. The minimum absolute atomic E-state index is 0.0195. The van der Waals surface area contributed by atoms with Gasteiger partial charge in [-0.15, -0.1) is 0 Å². The summed E-state index contributed by atoms with van der Waals surface area (Å²) in [5.74, 6) is 0.0195. The molecule has 6 nitrogen and oxygen atoms in total. The molecule has 0 fully saturated rings. The zero-order chi connectivity index (χ0) is 16.8. The van der Waals surface area contributed by atoms with Gasteiger partial charge >= 0.3 is 12.2 Å². The fourth-order valence-electron chi connectivity index (χ4n) is 2.46. The van der Waals surface area contributed by atoms with Crippen LogP contribution in [0.4, 0.5) is 9.59 Å². The number of carboxylic acid groups (broad SMARTS) is 1. The summed E-state index contributed by atoms with van der Waals surface area (Å²) in [6.07, 6.45) is 2.23.